The number of urea groups is 1. The highest BCUT2D eigenvalue weighted by Gasteiger charge is 2.47. The van der Waals surface area contributed by atoms with Crippen LogP contribution in [0, 0.1) is 5.92 Å². The molecule has 1 N–H and O–H groups in total. The number of allylic oxidation sites excluding steroid dienone is 1. The highest BCUT2D eigenvalue weighted by atomic mass is 32.2. The number of nitrogens with one attached hydrogen (secondary N) is 1. The van der Waals surface area contributed by atoms with Crippen LogP contribution in [0.5, 0.6) is 5.75 Å². The monoisotopic (exact) mass is 446 g/mol. The Labute approximate surface area is 183 Å². The fourth-order valence-corrected chi connectivity index (χ4v) is 5.85. The maximum absolute atomic E-state index is 12.7. The molecule has 3 amide bonds. The third-order valence-corrected chi connectivity index (χ3v) is 8.06. The van der Waals surface area contributed by atoms with Crippen LogP contribution in [-0.2, 0) is 20.0 Å². The average molecular weight is 447 g/mol. The topological polar surface area (TPSA) is 92.8 Å². The van der Waals surface area contributed by atoms with Gasteiger partial charge in [-0.3, -0.25) is 10.1 Å². The first kappa shape index (κ1) is 21.9. The van der Waals surface area contributed by atoms with Gasteiger partial charge in [-0.05, 0) is 55.7 Å². The molecule has 0 radical (unpaired) electrons. The van der Waals surface area contributed by atoms with E-state index >= 15 is 0 Å². The Kier molecular flexibility index (Phi) is 6.36. The van der Waals surface area contributed by atoms with Gasteiger partial charge in [-0.25, -0.2) is 13.2 Å². The number of imide groups is 1. The van der Waals surface area contributed by atoms with Gasteiger partial charge in [0, 0.05) is 24.9 Å². The van der Waals surface area contributed by atoms with Gasteiger partial charge in [-0.15, -0.1) is 0 Å². The number of ether oxygens (including phenoxy) is 1. The lowest BCUT2D eigenvalue weighted by atomic mass is 9.98. The summed E-state index contributed by atoms with van der Waals surface area (Å²) in [5.74, 6) is 1.51. The summed E-state index contributed by atoms with van der Waals surface area (Å²) >= 11 is 0. The number of carbonyl (C=O) groups excluding carboxylic acids is 2. The fourth-order valence-electron chi connectivity index (χ4n) is 3.92. The van der Waals surface area contributed by atoms with Gasteiger partial charge in [0.05, 0.1) is 18.1 Å². The van der Waals surface area contributed by atoms with E-state index < -0.39 is 15.9 Å². The predicted octanol–water partition coefficient (Wildman–Crippen LogP) is 2.81. The molecule has 1 heterocycles. The highest BCUT2D eigenvalue weighted by molar-refractivity contribution is 7.91. The van der Waals surface area contributed by atoms with Gasteiger partial charge in [0.25, 0.3) is 0 Å². The zero-order valence-electron chi connectivity index (χ0n) is 17.7. The van der Waals surface area contributed by atoms with Crippen LogP contribution in [0.2, 0.25) is 0 Å². The number of benzene rings is 1. The molecule has 4 rings (SSSR count). The van der Waals surface area contributed by atoms with Gasteiger partial charge in [0.15, 0.2) is 9.84 Å². The van der Waals surface area contributed by atoms with Crippen LogP contribution >= 0.6 is 0 Å². The second-order valence-corrected chi connectivity index (χ2v) is 11.1. The molecule has 1 aliphatic heterocycles. The second-order valence-electron chi connectivity index (χ2n) is 8.96. The molecule has 168 valence electrons. The van der Waals surface area contributed by atoms with Crippen molar-refractivity contribution >= 4 is 21.8 Å². The van der Waals surface area contributed by atoms with Crippen molar-refractivity contribution in [3.8, 4) is 5.75 Å². The summed E-state index contributed by atoms with van der Waals surface area (Å²) < 4.78 is 31.4. The first-order chi connectivity index (χ1) is 14.9. The number of sulfone groups is 1. The molecular formula is C23H30N2O5S. The molecule has 1 aromatic rings. The molecule has 0 aromatic heterocycles. The lowest BCUT2D eigenvalue weighted by Crippen LogP contribution is -2.49. The van der Waals surface area contributed by atoms with Crippen molar-refractivity contribution in [3.05, 3.63) is 42.0 Å². The van der Waals surface area contributed by atoms with Gasteiger partial charge in [-0.2, -0.15) is 0 Å². The van der Waals surface area contributed by atoms with Crippen LogP contribution in [0.25, 0.3) is 0 Å². The first-order valence-corrected chi connectivity index (χ1v) is 12.8. The average Bonchev–Trinajstić information content (AvgIpc) is 3.64. The van der Waals surface area contributed by atoms with Crippen LogP contribution in [-0.4, -0.2) is 56.5 Å². The van der Waals surface area contributed by atoms with E-state index in [1.165, 1.54) is 17.7 Å². The van der Waals surface area contributed by atoms with Crippen molar-refractivity contribution in [1.29, 1.82) is 0 Å². The molecule has 0 atom stereocenters. The normalized spacial score (nSPS) is 20.7. The molecule has 3 aliphatic rings. The van der Waals surface area contributed by atoms with E-state index in [2.05, 4.69) is 5.32 Å². The van der Waals surface area contributed by atoms with E-state index in [4.69, 9.17) is 4.74 Å². The van der Waals surface area contributed by atoms with Crippen molar-refractivity contribution in [2.45, 2.75) is 43.9 Å². The number of hydrogen-bond donors (Lipinski definition) is 1. The summed E-state index contributed by atoms with van der Waals surface area (Å²) in [6.45, 7) is 1.51. The Morgan fingerprint density at radius 2 is 2.00 bits per heavy atom. The SMILES string of the molecule is O=C1CCN(C/C=C/CCS(=O)(=O)CC2(c3cccc(OCC4CC4)c3)CC2)C(=O)N1. The van der Waals surface area contributed by atoms with E-state index in [9.17, 15) is 18.0 Å². The molecule has 1 aromatic carbocycles. The molecule has 0 spiro atoms. The molecule has 31 heavy (non-hydrogen) atoms. The minimum absolute atomic E-state index is 0.0911. The lowest BCUT2D eigenvalue weighted by Gasteiger charge is -2.25. The highest BCUT2D eigenvalue weighted by Crippen LogP contribution is 2.50. The maximum atomic E-state index is 12.7. The Bertz CT molecular complexity index is 964. The van der Waals surface area contributed by atoms with Gasteiger partial charge in [0.2, 0.25) is 5.91 Å². The van der Waals surface area contributed by atoms with Crippen LogP contribution in [0.4, 0.5) is 4.79 Å². The van der Waals surface area contributed by atoms with E-state index in [1.54, 1.807) is 12.2 Å². The fraction of sp³-hybridized carbons (Fsp3) is 0.565. The van der Waals surface area contributed by atoms with Gasteiger partial charge >= 0.3 is 6.03 Å². The molecule has 0 bridgehead atoms. The minimum Gasteiger partial charge on any atom is -0.493 e. The summed E-state index contributed by atoms with van der Waals surface area (Å²) in [7, 11) is -3.21. The van der Waals surface area contributed by atoms with Crippen molar-refractivity contribution in [2.75, 3.05) is 31.2 Å². The Hall–Kier alpha value is -2.35. The second kappa shape index (κ2) is 9.02. The van der Waals surface area contributed by atoms with Crippen LogP contribution in [0.3, 0.4) is 0 Å². The van der Waals surface area contributed by atoms with Gasteiger partial charge in [0.1, 0.15) is 5.75 Å². The van der Waals surface area contributed by atoms with Crippen molar-refractivity contribution < 1.29 is 22.7 Å². The van der Waals surface area contributed by atoms with Gasteiger partial charge < -0.3 is 9.64 Å². The predicted molar refractivity (Wildman–Crippen MR) is 118 cm³/mol. The molecule has 2 aliphatic carbocycles. The van der Waals surface area contributed by atoms with Crippen LogP contribution in [0.1, 0.15) is 44.1 Å². The quantitative estimate of drug-likeness (QED) is 0.528. The Balaban J connectivity index is 1.26. The molecular weight excluding hydrogens is 416 g/mol. The Morgan fingerprint density at radius 1 is 1.19 bits per heavy atom. The molecule has 3 fully saturated rings. The molecule has 2 saturated carbocycles. The smallest absolute Gasteiger partial charge is 0.324 e. The Morgan fingerprint density at radius 3 is 2.71 bits per heavy atom. The zero-order valence-corrected chi connectivity index (χ0v) is 18.5. The summed E-state index contributed by atoms with van der Waals surface area (Å²) in [6, 6.07) is 7.53. The largest absolute Gasteiger partial charge is 0.493 e. The molecule has 1 saturated heterocycles. The lowest BCUT2D eigenvalue weighted by molar-refractivity contribution is -0.121. The number of carbonyl (C=O) groups is 2. The standard InChI is InChI=1S/C23H30N2O5S/c26-21-9-13-25(22(27)24-21)12-2-1-3-14-31(28,29)17-23(10-11-23)19-5-4-6-20(15-19)30-16-18-7-8-18/h1-2,4-6,15,18H,3,7-14,16-17H2,(H,24,26,27)/b2-1+. The number of nitrogens with zero attached hydrogens (tertiary/aromatic N) is 1. The van der Waals surface area contributed by atoms with Crippen molar-refractivity contribution in [3.63, 3.8) is 0 Å². The molecule has 0 unspecified atom stereocenters. The van der Waals surface area contributed by atoms with E-state index in [-0.39, 0.29) is 22.8 Å². The summed E-state index contributed by atoms with van der Waals surface area (Å²) in [4.78, 5) is 24.4. The van der Waals surface area contributed by atoms with Crippen LogP contribution < -0.4 is 10.1 Å². The van der Waals surface area contributed by atoms with Crippen molar-refractivity contribution in [2.24, 2.45) is 5.92 Å². The minimum atomic E-state index is -3.21. The van der Waals surface area contributed by atoms with E-state index in [0.29, 0.717) is 31.8 Å². The van der Waals surface area contributed by atoms with E-state index in [0.717, 1.165) is 30.8 Å². The van der Waals surface area contributed by atoms with Crippen molar-refractivity contribution in [1.82, 2.24) is 10.2 Å². The molecule has 7 nitrogen and oxygen atoms in total. The summed E-state index contributed by atoms with van der Waals surface area (Å²) in [5, 5.41) is 2.27. The number of hydrogen-bond acceptors (Lipinski definition) is 5. The number of amides is 3. The number of rotatable bonds is 11. The van der Waals surface area contributed by atoms with Crippen LogP contribution in [0.15, 0.2) is 36.4 Å². The van der Waals surface area contributed by atoms with Gasteiger partial charge in [-0.1, -0.05) is 24.3 Å². The third-order valence-electron chi connectivity index (χ3n) is 6.21. The first-order valence-electron chi connectivity index (χ1n) is 11.0. The molecule has 8 heteroatoms. The maximum Gasteiger partial charge on any atom is 0.324 e. The summed E-state index contributed by atoms with van der Waals surface area (Å²) in [6.07, 6.45) is 8.54. The van der Waals surface area contributed by atoms with E-state index in [1.807, 2.05) is 24.3 Å². The summed E-state index contributed by atoms with van der Waals surface area (Å²) in [5.41, 5.74) is 0.783. The third kappa shape index (κ3) is 6.09. The zero-order chi connectivity index (χ0) is 21.9.